The molecule has 1 aromatic rings. The van der Waals surface area contributed by atoms with Gasteiger partial charge in [0.2, 0.25) is 0 Å². The molecular weight excluding hydrogens is 680 g/mol. The number of hydrogen-bond acceptors (Lipinski definition) is 11. The average molecular weight is 747 g/mol. The van der Waals surface area contributed by atoms with Crippen LogP contribution in [0.5, 0.6) is 0 Å². The highest BCUT2D eigenvalue weighted by atomic mass is 16.7. The number of unbranched alkanes of at least 4 members (excludes halogenated alkanes) is 1. The Kier molecular flexibility index (Phi) is 16.1. The third-order valence-electron chi connectivity index (χ3n) is 9.00. The van der Waals surface area contributed by atoms with Crippen LogP contribution in [-0.4, -0.2) is 67.0 Å². The molecule has 0 N–H and O–H groups in total. The van der Waals surface area contributed by atoms with Crippen LogP contribution in [0.4, 0.5) is 0 Å². The Morgan fingerprint density at radius 2 is 1.13 bits per heavy atom. The van der Waals surface area contributed by atoms with Gasteiger partial charge >= 0.3 is 29.8 Å². The molecule has 300 valence electrons. The zero-order chi connectivity index (χ0) is 40.5. The van der Waals surface area contributed by atoms with E-state index in [1.165, 1.54) is 0 Å². The summed E-state index contributed by atoms with van der Waals surface area (Å²) in [7, 11) is 0. The number of esters is 5. The van der Waals surface area contributed by atoms with Crippen LogP contribution in [0.1, 0.15) is 128 Å². The van der Waals surface area contributed by atoms with Gasteiger partial charge in [-0.05, 0) is 107 Å². The SMILES string of the molecule is CCCC[C@@H]([C@@H]1O[C@H](COC(=O)C(C)(C)C)[C@@H](OC(=O)C(C)(C)C)[C@H](OC(=O)C(C)(C)C)[C@H]1OC(=O)C(C)(C)C)[C@H](C)CC(=O)OCc1ccccc1. The third kappa shape index (κ3) is 14.0. The van der Waals surface area contributed by atoms with E-state index in [1.54, 1.807) is 83.1 Å². The highest BCUT2D eigenvalue weighted by Gasteiger charge is 2.56. The van der Waals surface area contributed by atoms with Gasteiger partial charge in [0, 0.05) is 6.42 Å². The molecule has 1 aromatic carbocycles. The summed E-state index contributed by atoms with van der Waals surface area (Å²) in [5, 5.41) is 0. The zero-order valence-corrected chi connectivity index (χ0v) is 34.7. The second-order valence-electron chi connectivity index (χ2n) is 18.5. The van der Waals surface area contributed by atoms with Gasteiger partial charge < -0.3 is 28.4 Å². The van der Waals surface area contributed by atoms with E-state index in [9.17, 15) is 24.0 Å². The first-order chi connectivity index (χ1) is 24.3. The molecule has 1 aliphatic rings. The van der Waals surface area contributed by atoms with E-state index in [-0.39, 0.29) is 25.6 Å². The molecule has 0 unspecified atom stereocenters. The Morgan fingerprint density at radius 1 is 0.660 bits per heavy atom. The van der Waals surface area contributed by atoms with Crippen LogP contribution < -0.4 is 0 Å². The summed E-state index contributed by atoms with van der Waals surface area (Å²) in [6, 6.07) is 9.38. The van der Waals surface area contributed by atoms with Crippen molar-refractivity contribution in [1.29, 1.82) is 0 Å². The highest BCUT2D eigenvalue weighted by Crippen LogP contribution is 2.40. The number of rotatable bonds is 14. The summed E-state index contributed by atoms with van der Waals surface area (Å²) in [5.74, 6) is -3.55. The normalized spacial score (nSPS) is 22.2. The Bertz CT molecular complexity index is 1370. The van der Waals surface area contributed by atoms with Gasteiger partial charge in [-0.15, -0.1) is 0 Å². The maximum absolute atomic E-state index is 13.7. The van der Waals surface area contributed by atoms with E-state index in [2.05, 4.69) is 0 Å². The number of carbonyl (C=O) groups is 5. The van der Waals surface area contributed by atoms with Crippen molar-refractivity contribution in [2.24, 2.45) is 33.5 Å². The molecule has 1 fully saturated rings. The largest absolute Gasteiger partial charge is 0.462 e. The monoisotopic (exact) mass is 746 g/mol. The molecule has 0 saturated carbocycles. The number of benzene rings is 1. The molecule has 53 heavy (non-hydrogen) atoms. The second-order valence-corrected chi connectivity index (χ2v) is 18.5. The lowest BCUT2D eigenvalue weighted by Crippen LogP contribution is -2.65. The molecular formula is C42H66O11. The lowest BCUT2D eigenvalue weighted by molar-refractivity contribution is -0.270. The maximum atomic E-state index is 13.7. The zero-order valence-electron chi connectivity index (χ0n) is 34.7. The Morgan fingerprint density at radius 3 is 1.60 bits per heavy atom. The van der Waals surface area contributed by atoms with E-state index < -0.39 is 87.9 Å². The predicted molar refractivity (Wildman–Crippen MR) is 200 cm³/mol. The molecule has 0 spiro atoms. The van der Waals surface area contributed by atoms with Gasteiger partial charge in [-0.3, -0.25) is 24.0 Å². The first kappa shape index (κ1) is 45.7. The van der Waals surface area contributed by atoms with Crippen LogP contribution in [-0.2, 0) is 59.0 Å². The van der Waals surface area contributed by atoms with Gasteiger partial charge in [-0.1, -0.05) is 57.0 Å². The van der Waals surface area contributed by atoms with E-state index in [1.807, 2.05) is 44.2 Å². The molecule has 7 atom stereocenters. The van der Waals surface area contributed by atoms with E-state index in [4.69, 9.17) is 28.4 Å². The average Bonchev–Trinajstić information content (AvgIpc) is 3.03. The van der Waals surface area contributed by atoms with Crippen LogP contribution in [0, 0.1) is 33.5 Å². The van der Waals surface area contributed by atoms with Crippen molar-refractivity contribution in [3.05, 3.63) is 35.9 Å². The summed E-state index contributed by atoms with van der Waals surface area (Å²) in [6.45, 7) is 24.1. The summed E-state index contributed by atoms with van der Waals surface area (Å²) >= 11 is 0. The van der Waals surface area contributed by atoms with Gasteiger partial charge in [-0.25, -0.2) is 0 Å². The van der Waals surface area contributed by atoms with Crippen LogP contribution in [0.25, 0.3) is 0 Å². The Labute approximate surface area is 317 Å². The van der Waals surface area contributed by atoms with Crippen molar-refractivity contribution in [2.75, 3.05) is 6.61 Å². The molecule has 0 amide bonds. The molecule has 0 bridgehead atoms. The van der Waals surface area contributed by atoms with Crippen molar-refractivity contribution in [1.82, 2.24) is 0 Å². The second kappa shape index (κ2) is 18.7. The van der Waals surface area contributed by atoms with Crippen molar-refractivity contribution >= 4 is 29.8 Å². The quantitative estimate of drug-likeness (QED) is 0.136. The molecule has 2 rings (SSSR count). The van der Waals surface area contributed by atoms with E-state index in [0.717, 1.165) is 18.4 Å². The standard InChI is InChI=1S/C42H66O11/c1-15-16-22-28(26(2)23-30(43)48-24-27-20-18-17-19-21-27)31-33(52-37(46)41(9,10)11)34(53-38(47)42(12,13)14)32(51-36(45)40(6,7)8)29(50-31)25-49-35(44)39(3,4)5/h17-21,26,28-29,31-34H,15-16,22-25H2,1-14H3/t26-,28-,29-,31+,32-,33+,34+/m1/s1. The number of ether oxygens (including phenoxy) is 6. The molecule has 1 saturated heterocycles. The summed E-state index contributed by atoms with van der Waals surface area (Å²) < 4.78 is 36.9. The topological polar surface area (TPSA) is 141 Å². The smallest absolute Gasteiger partial charge is 0.311 e. The number of carbonyl (C=O) groups excluding carboxylic acids is 5. The molecule has 1 aliphatic heterocycles. The minimum atomic E-state index is -1.35. The van der Waals surface area contributed by atoms with Crippen molar-refractivity contribution in [3.8, 4) is 0 Å². The van der Waals surface area contributed by atoms with Crippen LogP contribution in [0.2, 0.25) is 0 Å². The first-order valence-electron chi connectivity index (χ1n) is 18.9. The fourth-order valence-electron chi connectivity index (χ4n) is 5.53. The third-order valence-corrected chi connectivity index (χ3v) is 9.00. The van der Waals surface area contributed by atoms with Gasteiger partial charge in [0.15, 0.2) is 18.3 Å². The summed E-state index contributed by atoms with van der Waals surface area (Å²) in [6.07, 6.45) is -3.88. The predicted octanol–water partition coefficient (Wildman–Crippen LogP) is 7.79. The van der Waals surface area contributed by atoms with Gasteiger partial charge in [0.1, 0.15) is 25.4 Å². The molecule has 11 nitrogen and oxygen atoms in total. The van der Waals surface area contributed by atoms with Crippen molar-refractivity contribution in [3.63, 3.8) is 0 Å². The van der Waals surface area contributed by atoms with Crippen LogP contribution in [0.15, 0.2) is 30.3 Å². The fraction of sp³-hybridized carbons (Fsp3) is 0.738. The van der Waals surface area contributed by atoms with Crippen molar-refractivity contribution in [2.45, 2.75) is 160 Å². The number of hydrogen-bond donors (Lipinski definition) is 0. The van der Waals surface area contributed by atoms with Crippen LogP contribution in [0.3, 0.4) is 0 Å². The lowest BCUT2D eigenvalue weighted by Gasteiger charge is -2.49. The molecule has 0 radical (unpaired) electrons. The summed E-state index contributed by atoms with van der Waals surface area (Å²) in [5.41, 5.74) is -2.93. The lowest BCUT2D eigenvalue weighted by atomic mass is 9.77. The Hall–Kier alpha value is -3.47. The molecule has 0 aliphatic carbocycles. The highest BCUT2D eigenvalue weighted by molar-refractivity contribution is 5.78. The van der Waals surface area contributed by atoms with Crippen LogP contribution >= 0.6 is 0 Å². The van der Waals surface area contributed by atoms with Crippen molar-refractivity contribution < 1.29 is 52.4 Å². The minimum absolute atomic E-state index is 0.0274. The van der Waals surface area contributed by atoms with Gasteiger partial charge in [0.25, 0.3) is 0 Å². The fourth-order valence-corrected chi connectivity index (χ4v) is 5.53. The Balaban J connectivity index is 2.75. The van der Waals surface area contributed by atoms with E-state index >= 15 is 0 Å². The summed E-state index contributed by atoms with van der Waals surface area (Å²) in [4.78, 5) is 67.3. The molecule has 1 heterocycles. The molecule has 0 aromatic heterocycles. The maximum Gasteiger partial charge on any atom is 0.311 e. The first-order valence-corrected chi connectivity index (χ1v) is 18.9. The molecule has 11 heteroatoms. The van der Waals surface area contributed by atoms with Gasteiger partial charge in [0.05, 0.1) is 21.7 Å². The van der Waals surface area contributed by atoms with Gasteiger partial charge in [-0.2, -0.15) is 0 Å². The minimum Gasteiger partial charge on any atom is -0.462 e. The van der Waals surface area contributed by atoms with E-state index in [0.29, 0.717) is 6.42 Å².